The Morgan fingerprint density at radius 2 is 0.914 bits per heavy atom. The number of allylic oxidation sites excluding steroid dienone is 8. The van der Waals surface area contributed by atoms with Crippen molar-refractivity contribution in [1.82, 2.24) is 9.97 Å². The maximum absolute atomic E-state index is 5.72. The fourth-order valence-electron chi connectivity index (χ4n) is 14.0. The molecule has 0 radical (unpaired) electrons. The fraction of sp³-hybridized carbons (Fsp3) is 0.0769. The molecule has 0 fully saturated rings. The van der Waals surface area contributed by atoms with Crippen molar-refractivity contribution in [3.05, 3.63) is 295 Å². The molecule has 3 aliphatic rings. The standard InChI is InChI=1S/C78H54N2S/c1-3-22-51(23-4-1)76-74(56-29-19-27-54(45-56)71-64-36-14-16-38-66(64)75(67-39-17-15-37-65(67)71)70-48-53-26-8-18-40-69(53)81-70)77(52-24-5-2-6-25-52)80-78(79-76)58-30-20-28-55(46-58)72-60-32-10-12-34-62(60)73(63-35-13-11-33-61(63)72)57-44-43-50-42-41-49-21-7-9-31-59(49)68(50)47-57/h1-16,18-37,40-48,66-67,75H,17,38-39H2. The summed E-state index contributed by atoms with van der Waals surface area (Å²) in [5, 5.41) is 11.2. The molecule has 0 aliphatic heterocycles. The van der Waals surface area contributed by atoms with Crippen molar-refractivity contribution in [2.75, 3.05) is 0 Å². The first kappa shape index (κ1) is 47.5. The SMILES string of the molecule is C1=CCC2C(=C1)C(c1cccc(-c3c(-c4ccccc4)nc(-c4cccc(-c5c6ccccc6c(-c6ccc7ccc8ccccc8c7c6)c6ccccc56)c4)nc3-c3ccccc3)c1)=C1C=CCCC1C2c1cc2ccccc2s1. The minimum atomic E-state index is 0.389. The first-order valence-corrected chi connectivity index (χ1v) is 29.4. The molecule has 2 nitrogen and oxygen atoms in total. The van der Waals surface area contributed by atoms with Crippen molar-refractivity contribution in [2.45, 2.75) is 25.2 Å². The van der Waals surface area contributed by atoms with E-state index in [-0.39, 0.29) is 0 Å². The van der Waals surface area contributed by atoms with Crippen molar-refractivity contribution in [3.63, 3.8) is 0 Å². The minimum Gasteiger partial charge on any atom is -0.227 e. The molecule has 0 spiro atoms. The van der Waals surface area contributed by atoms with Crippen LogP contribution in [0.25, 0.3) is 126 Å². The molecule has 0 bridgehead atoms. The van der Waals surface area contributed by atoms with E-state index >= 15 is 0 Å². The zero-order valence-corrected chi connectivity index (χ0v) is 45.5. The molecule has 0 N–H and O–H groups in total. The Hall–Kier alpha value is -9.54. The second-order valence-corrected chi connectivity index (χ2v) is 23.2. The number of hydrogen-bond acceptors (Lipinski definition) is 3. The Bertz CT molecular complexity index is 4650. The third-order valence-corrected chi connectivity index (χ3v) is 18.8. The van der Waals surface area contributed by atoms with Gasteiger partial charge in [-0.3, -0.25) is 0 Å². The van der Waals surface area contributed by atoms with E-state index in [4.69, 9.17) is 9.97 Å². The van der Waals surface area contributed by atoms with Gasteiger partial charge in [0.25, 0.3) is 0 Å². The van der Waals surface area contributed by atoms with E-state index in [1.165, 1.54) is 97.0 Å². The molecule has 0 saturated heterocycles. The molecule has 81 heavy (non-hydrogen) atoms. The average Bonchev–Trinajstić information content (AvgIpc) is 4.18. The number of hydrogen-bond donors (Lipinski definition) is 0. The lowest BCUT2D eigenvalue weighted by Gasteiger charge is -2.44. The van der Waals surface area contributed by atoms with Gasteiger partial charge < -0.3 is 0 Å². The van der Waals surface area contributed by atoms with Crippen LogP contribution < -0.4 is 0 Å². The largest absolute Gasteiger partial charge is 0.227 e. The maximum atomic E-state index is 5.72. The lowest BCUT2D eigenvalue weighted by Crippen LogP contribution is -2.31. The van der Waals surface area contributed by atoms with Gasteiger partial charge in [0.15, 0.2) is 5.82 Å². The number of nitrogens with zero attached hydrogens (tertiary/aromatic N) is 2. The maximum Gasteiger partial charge on any atom is 0.160 e. The highest BCUT2D eigenvalue weighted by molar-refractivity contribution is 7.19. The van der Waals surface area contributed by atoms with Gasteiger partial charge in [-0.05, 0) is 160 Å². The summed E-state index contributed by atoms with van der Waals surface area (Å²) in [4.78, 5) is 12.9. The van der Waals surface area contributed by atoms with Gasteiger partial charge >= 0.3 is 0 Å². The molecule has 0 amide bonds. The third-order valence-electron chi connectivity index (χ3n) is 17.6. The van der Waals surface area contributed by atoms with Crippen LogP contribution in [0.1, 0.15) is 35.6 Å². The van der Waals surface area contributed by atoms with Crippen molar-refractivity contribution >= 4 is 70.1 Å². The summed E-state index contributed by atoms with van der Waals surface area (Å²) in [6, 6.07) is 89.2. The molecule has 2 heterocycles. The van der Waals surface area contributed by atoms with Gasteiger partial charge in [0, 0.05) is 37.7 Å². The van der Waals surface area contributed by atoms with Crippen LogP contribution in [0.4, 0.5) is 0 Å². The summed E-state index contributed by atoms with van der Waals surface area (Å²) < 4.78 is 1.38. The van der Waals surface area contributed by atoms with E-state index < -0.39 is 0 Å². The van der Waals surface area contributed by atoms with E-state index in [1.807, 2.05) is 11.3 Å². The topological polar surface area (TPSA) is 25.8 Å². The van der Waals surface area contributed by atoms with Gasteiger partial charge in [-0.15, -0.1) is 11.3 Å². The molecule has 3 atom stereocenters. The van der Waals surface area contributed by atoms with Crippen molar-refractivity contribution in [3.8, 4) is 67.3 Å². The lowest BCUT2D eigenvalue weighted by atomic mass is 9.60. The lowest BCUT2D eigenvalue weighted by molar-refractivity contribution is 0.357. The normalized spacial score (nSPS) is 16.8. The second kappa shape index (κ2) is 19.7. The van der Waals surface area contributed by atoms with Crippen molar-refractivity contribution in [1.29, 1.82) is 0 Å². The summed E-state index contributed by atoms with van der Waals surface area (Å²) in [7, 11) is 0. The quantitative estimate of drug-likeness (QED) is 0.112. The molecule has 0 saturated carbocycles. The van der Waals surface area contributed by atoms with Crippen LogP contribution in [0.5, 0.6) is 0 Å². The van der Waals surface area contributed by atoms with E-state index in [2.05, 4.69) is 273 Å². The van der Waals surface area contributed by atoms with Crippen LogP contribution in [0, 0.1) is 11.8 Å². The number of rotatable bonds is 8. The molecule has 3 aliphatic carbocycles. The van der Waals surface area contributed by atoms with Crippen molar-refractivity contribution < 1.29 is 0 Å². The second-order valence-electron chi connectivity index (χ2n) is 22.1. The van der Waals surface area contributed by atoms with E-state index in [1.54, 1.807) is 0 Å². The minimum absolute atomic E-state index is 0.389. The third kappa shape index (κ3) is 8.06. The number of benzene rings is 11. The van der Waals surface area contributed by atoms with Crippen molar-refractivity contribution in [2.24, 2.45) is 11.8 Å². The number of thiophene rings is 1. The van der Waals surface area contributed by atoms with Gasteiger partial charge in [0.2, 0.25) is 0 Å². The Kier molecular flexibility index (Phi) is 11.5. The molecule has 11 aromatic carbocycles. The summed E-state index contributed by atoms with van der Waals surface area (Å²) in [5.74, 6) is 1.92. The van der Waals surface area contributed by atoms with Crippen LogP contribution in [0.2, 0.25) is 0 Å². The smallest absolute Gasteiger partial charge is 0.160 e. The molecular weight excluding hydrogens is 997 g/mol. The molecule has 13 aromatic rings. The molecular formula is C78H54N2S. The monoisotopic (exact) mass is 1050 g/mol. The Balaban J connectivity index is 0.867. The van der Waals surface area contributed by atoms with E-state index in [0.29, 0.717) is 23.6 Å². The van der Waals surface area contributed by atoms with Crippen LogP contribution in [0.3, 0.4) is 0 Å². The zero-order chi connectivity index (χ0) is 53.4. The molecule has 382 valence electrons. The molecule has 3 heteroatoms. The van der Waals surface area contributed by atoms with Crippen LogP contribution in [0.15, 0.2) is 284 Å². The van der Waals surface area contributed by atoms with Gasteiger partial charge in [-0.1, -0.05) is 243 Å². The highest BCUT2D eigenvalue weighted by atomic mass is 32.1. The Labute approximate surface area is 476 Å². The highest BCUT2D eigenvalue weighted by Gasteiger charge is 2.43. The summed E-state index contributed by atoms with van der Waals surface area (Å²) in [6.07, 6.45) is 15.3. The molecule has 2 aromatic heterocycles. The Morgan fingerprint density at radius 3 is 1.59 bits per heavy atom. The first-order valence-electron chi connectivity index (χ1n) is 28.5. The number of fused-ring (bicyclic) bond motifs is 8. The van der Waals surface area contributed by atoms with E-state index in [9.17, 15) is 0 Å². The van der Waals surface area contributed by atoms with Crippen LogP contribution in [-0.2, 0) is 0 Å². The average molecular weight is 1050 g/mol. The zero-order valence-electron chi connectivity index (χ0n) is 44.6. The Morgan fingerprint density at radius 1 is 0.383 bits per heavy atom. The highest BCUT2D eigenvalue weighted by Crippen LogP contribution is 2.58. The van der Waals surface area contributed by atoms with Crippen LogP contribution >= 0.6 is 11.3 Å². The van der Waals surface area contributed by atoms with Gasteiger partial charge in [-0.2, -0.15) is 0 Å². The predicted octanol–water partition coefficient (Wildman–Crippen LogP) is 21.3. The molecule has 16 rings (SSSR count). The summed E-state index contributed by atoms with van der Waals surface area (Å²) in [5.41, 5.74) is 17.3. The van der Waals surface area contributed by atoms with Gasteiger partial charge in [0.05, 0.1) is 11.4 Å². The predicted molar refractivity (Wildman–Crippen MR) is 343 cm³/mol. The number of aromatic nitrogens is 2. The summed E-state index contributed by atoms with van der Waals surface area (Å²) >= 11 is 2.00. The van der Waals surface area contributed by atoms with Gasteiger partial charge in [-0.25, -0.2) is 9.97 Å². The molecule has 3 unspecified atom stereocenters. The van der Waals surface area contributed by atoms with E-state index in [0.717, 1.165) is 64.0 Å². The summed E-state index contributed by atoms with van der Waals surface area (Å²) in [6.45, 7) is 0. The van der Waals surface area contributed by atoms with Gasteiger partial charge in [0.1, 0.15) is 0 Å². The first-order chi connectivity index (χ1) is 40.2. The van der Waals surface area contributed by atoms with Crippen LogP contribution in [-0.4, -0.2) is 9.97 Å². The fourth-order valence-corrected chi connectivity index (χ4v) is 15.3.